The van der Waals surface area contributed by atoms with Crippen LogP contribution in [0.4, 0.5) is 0 Å². The molecule has 4 aliphatic rings. The predicted molar refractivity (Wildman–Crippen MR) is 205 cm³/mol. The Balaban J connectivity index is 1.14. The van der Waals surface area contributed by atoms with Gasteiger partial charge in [0.25, 0.3) is 0 Å². The summed E-state index contributed by atoms with van der Waals surface area (Å²) in [4.78, 5) is 64.6. The molecular formula is C43H49N5O6. The molecule has 4 aromatic rings. The second-order valence-electron chi connectivity index (χ2n) is 15.4. The van der Waals surface area contributed by atoms with Crippen LogP contribution in [-0.2, 0) is 19.2 Å². The number of rotatable bonds is 6. The number of benzene rings is 2. The molecule has 1 aliphatic carbocycles. The van der Waals surface area contributed by atoms with Crippen molar-refractivity contribution in [3.05, 3.63) is 72.8 Å². The van der Waals surface area contributed by atoms with Crippen molar-refractivity contribution in [1.29, 1.82) is 0 Å². The minimum Gasteiger partial charge on any atom is -0.484 e. The number of nitrogens with one attached hydrogen (secondary N) is 2. The van der Waals surface area contributed by atoms with Crippen LogP contribution in [0.15, 0.2) is 77.2 Å². The molecule has 282 valence electrons. The van der Waals surface area contributed by atoms with Crippen molar-refractivity contribution >= 4 is 45.7 Å². The Hall–Kier alpha value is -5.19. The molecule has 54 heavy (non-hydrogen) atoms. The third-order valence-corrected chi connectivity index (χ3v) is 11.8. The summed E-state index contributed by atoms with van der Waals surface area (Å²) in [7, 11) is 1.58. The van der Waals surface area contributed by atoms with Gasteiger partial charge in [0.15, 0.2) is 11.3 Å². The number of carbonyl (C=O) groups excluding carboxylic acids is 4. The minimum absolute atomic E-state index is 0.00112. The number of aromatic nitrogens is 1. The van der Waals surface area contributed by atoms with E-state index in [4.69, 9.17) is 14.1 Å². The van der Waals surface area contributed by atoms with Crippen LogP contribution in [0.1, 0.15) is 70.6 Å². The van der Waals surface area contributed by atoms with Crippen LogP contribution in [0.3, 0.4) is 0 Å². The molecule has 8 rings (SSSR count). The Kier molecular flexibility index (Phi) is 10.1. The molecule has 4 amide bonds. The molecule has 11 heteroatoms. The van der Waals surface area contributed by atoms with E-state index in [1.165, 1.54) is 0 Å². The molecule has 2 aromatic carbocycles. The lowest BCUT2D eigenvalue weighted by Gasteiger charge is -2.31. The van der Waals surface area contributed by atoms with Crippen LogP contribution in [0.25, 0.3) is 33.3 Å². The number of para-hydroxylation sites is 1. The van der Waals surface area contributed by atoms with Crippen LogP contribution in [-0.4, -0.2) is 82.8 Å². The van der Waals surface area contributed by atoms with Gasteiger partial charge in [0.1, 0.15) is 28.8 Å². The van der Waals surface area contributed by atoms with Crippen LogP contribution < -0.4 is 15.4 Å². The van der Waals surface area contributed by atoms with Crippen molar-refractivity contribution < 1.29 is 28.3 Å². The van der Waals surface area contributed by atoms with Gasteiger partial charge in [-0.05, 0) is 57.1 Å². The monoisotopic (exact) mass is 731 g/mol. The average molecular weight is 732 g/mol. The summed E-state index contributed by atoms with van der Waals surface area (Å²) >= 11 is 0. The number of likely N-dealkylation sites (tertiary alicyclic amines) is 1. The minimum atomic E-state index is -1.07. The smallest absolute Gasteiger partial charge is 0.246 e. The van der Waals surface area contributed by atoms with Gasteiger partial charge in [-0.1, -0.05) is 67.5 Å². The second kappa shape index (κ2) is 15.3. The van der Waals surface area contributed by atoms with Gasteiger partial charge in [-0.3, -0.25) is 19.2 Å². The largest absolute Gasteiger partial charge is 0.484 e. The molecule has 0 bridgehead atoms. The quantitative estimate of drug-likeness (QED) is 0.227. The first kappa shape index (κ1) is 35.8. The van der Waals surface area contributed by atoms with Gasteiger partial charge in [-0.25, -0.2) is 4.98 Å². The van der Waals surface area contributed by atoms with Crippen LogP contribution >= 0.6 is 0 Å². The van der Waals surface area contributed by atoms with Crippen molar-refractivity contribution in [2.75, 3.05) is 26.7 Å². The number of fused-ring (bicyclic) bond motifs is 5. The highest BCUT2D eigenvalue weighted by Crippen LogP contribution is 2.46. The van der Waals surface area contributed by atoms with E-state index in [1.54, 1.807) is 11.9 Å². The van der Waals surface area contributed by atoms with Gasteiger partial charge in [0, 0.05) is 61.8 Å². The molecule has 5 unspecified atom stereocenters. The zero-order valence-electron chi connectivity index (χ0n) is 30.9. The Morgan fingerprint density at radius 1 is 1.00 bits per heavy atom. The van der Waals surface area contributed by atoms with Crippen molar-refractivity contribution in [3.63, 3.8) is 0 Å². The lowest BCUT2D eigenvalue weighted by Crippen LogP contribution is -2.55. The molecule has 0 radical (unpaired) electrons. The van der Waals surface area contributed by atoms with Gasteiger partial charge in [-0.15, -0.1) is 0 Å². The highest BCUT2D eigenvalue weighted by molar-refractivity contribution is 6.05. The van der Waals surface area contributed by atoms with Crippen molar-refractivity contribution in [1.82, 2.24) is 25.4 Å². The Labute approximate surface area is 315 Å². The number of piperidine rings is 1. The van der Waals surface area contributed by atoms with E-state index < -0.39 is 29.5 Å². The first-order valence-electron chi connectivity index (χ1n) is 19.7. The van der Waals surface area contributed by atoms with Crippen molar-refractivity contribution in [2.45, 2.75) is 88.3 Å². The number of hydrogen-bond donors (Lipinski definition) is 2. The number of nitrogens with zero attached hydrogens (tertiary/aromatic N) is 3. The maximum atomic E-state index is 14.8. The highest BCUT2D eigenvalue weighted by Gasteiger charge is 2.60. The third-order valence-electron chi connectivity index (χ3n) is 11.8. The summed E-state index contributed by atoms with van der Waals surface area (Å²) in [6, 6.07) is 18.5. The summed E-state index contributed by atoms with van der Waals surface area (Å²) in [5.74, 6) is -1.08. The number of ether oxygens (including phenoxy) is 1. The summed E-state index contributed by atoms with van der Waals surface area (Å²) < 4.78 is 13.1. The maximum absolute atomic E-state index is 14.8. The van der Waals surface area contributed by atoms with Gasteiger partial charge < -0.3 is 29.6 Å². The van der Waals surface area contributed by atoms with E-state index in [0.29, 0.717) is 54.1 Å². The maximum Gasteiger partial charge on any atom is 0.246 e. The Bertz CT molecular complexity index is 2070. The van der Waals surface area contributed by atoms with E-state index in [-0.39, 0.29) is 43.0 Å². The van der Waals surface area contributed by atoms with Crippen LogP contribution in [0, 0.1) is 11.8 Å². The molecule has 5 heterocycles. The van der Waals surface area contributed by atoms with Crippen molar-refractivity contribution in [2.24, 2.45) is 11.8 Å². The highest BCUT2D eigenvalue weighted by atomic mass is 16.5. The number of likely N-dealkylation sites (N-methyl/N-ethyl adjacent to an activating group) is 1. The zero-order valence-corrected chi connectivity index (χ0v) is 30.9. The molecule has 1 saturated carbocycles. The van der Waals surface area contributed by atoms with E-state index >= 15 is 0 Å². The normalized spacial score (nSPS) is 26.4. The fourth-order valence-electron chi connectivity index (χ4n) is 8.68. The van der Waals surface area contributed by atoms with Gasteiger partial charge in [0.2, 0.25) is 23.6 Å². The molecule has 2 N–H and O–H groups in total. The van der Waals surface area contributed by atoms with Gasteiger partial charge in [0.05, 0.1) is 12.2 Å². The SMILES string of the molecule is CNC(=O)C12CC1C=CCCCCCC(CC(=O)N1CCCCC1)C(=O)N1CC(Oc3cc(-c4ccccc4)nc4c3oc3ccccc34)CC1C(=O)N2. The van der Waals surface area contributed by atoms with E-state index in [0.717, 1.165) is 55.9 Å². The summed E-state index contributed by atoms with van der Waals surface area (Å²) in [6.45, 7) is 1.58. The standard InChI is InChI=1S/C43H49N5O6/c1-44-42(52)43-26-30(43)18-10-4-2-3-7-17-29(23-37(49)47-21-13-6-14-22-47)41(51)48-27-31(24-34(48)40(50)46-43)53-36-25-33(28-15-8-5-9-16-28)45-38-32-19-11-12-20-35(32)54-39(36)38/h5,8-12,15-16,18-20,25,29-31,34H,2-4,6-7,13-14,17,21-24,26-27H2,1H3,(H,44,52)(H,46,50). The first-order valence-corrected chi connectivity index (χ1v) is 19.7. The molecule has 3 fully saturated rings. The Morgan fingerprint density at radius 3 is 2.59 bits per heavy atom. The fraction of sp³-hybridized carbons (Fsp3) is 0.465. The number of pyridine rings is 1. The van der Waals surface area contributed by atoms with Crippen LogP contribution in [0.5, 0.6) is 5.75 Å². The number of amides is 4. The zero-order chi connectivity index (χ0) is 37.2. The Morgan fingerprint density at radius 2 is 1.78 bits per heavy atom. The summed E-state index contributed by atoms with van der Waals surface area (Å²) in [5, 5.41) is 6.70. The van der Waals surface area contributed by atoms with Gasteiger partial charge >= 0.3 is 0 Å². The topological polar surface area (TPSA) is 134 Å². The number of hydrogen-bond acceptors (Lipinski definition) is 7. The lowest BCUT2D eigenvalue weighted by atomic mass is 9.94. The van der Waals surface area contributed by atoms with Crippen LogP contribution in [0.2, 0.25) is 0 Å². The number of furan rings is 1. The van der Waals surface area contributed by atoms with E-state index in [1.807, 2.05) is 71.6 Å². The summed E-state index contributed by atoms with van der Waals surface area (Å²) in [5.41, 5.74) is 2.39. The molecule has 5 atom stereocenters. The average Bonchev–Trinajstić information content (AvgIpc) is 3.52. The third kappa shape index (κ3) is 7.08. The molecule has 3 aliphatic heterocycles. The molecule has 2 aromatic heterocycles. The molecule has 11 nitrogen and oxygen atoms in total. The summed E-state index contributed by atoms with van der Waals surface area (Å²) in [6.07, 6.45) is 11.5. The predicted octanol–water partition coefficient (Wildman–Crippen LogP) is 6.16. The fourth-order valence-corrected chi connectivity index (χ4v) is 8.68. The molecular weight excluding hydrogens is 683 g/mol. The van der Waals surface area contributed by atoms with E-state index in [9.17, 15) is 19.2 Å². The second-order valence-corrected chi connectivity index (χ2v) is 15.4. The van der Waals surface area contributed by atoms with Gasteiger partial charge in [-0.2, -0.15) is 0 Å². The number of carbonyl (C=O) groups is 4. The first-order chi connectivity index (χ1) is 26.3. The van der Waals surface area contributed by atoms with Crippen molar-refractivity contribution in [3.8, 4) is 17.0 Å². The lowest BCUT2D eigenvalue weighted by molar-refractivity contribution is -0.145. The number of allylic oxidation sites excluding steroid dienone is 1. The van der Waals surface area contributed by atoms with E-state index in [2.05, 4.69) is 16.7 Å². The molecule has 2 saturated heterocycles. The molecule has 0 spiro atoms.